The summed E-state index contributed by atoms with van der Waals surface area (Å²) in [5.74, 6) is 0.0644. The molecule has 2 aromatic rings. The Balaban J connectivity index is 1.89. The number of rotatable bonds is 3. The lowest BCUT2D eigenvalue weighted by Crippen LogP contribution is -2.37. The number of carbonyl (C=O) groups excluding carboxylic acids is 1. The van der Waals surface area contributed by atoms with Crippen LogP contribution in [-0.4, -0.2) is 5.91 Å². The average molecular weight is 379 g/mol. The van der Waals surface area contributed by atoms with Crippen LogP contribution in [0.2, 0.25) is 5.02 Å². The largest absolute Gasteiger partial charge is 0.325 e. The minimum atomic E-state index is -0.416. The van der Waals surface area contributed by atoms with Crippen LogP contribution in [0.5, 0.6) is 0 Å². The van der Waals surface area contributed by atoms with E-state index in [-0.39, 0.29) is 5.91 Å². The van der Waals surface area contributed by atoms with Crippen LogP contribution in [0.4, 0.5) is 5.69 Å². The lowest BCUT2D eigenvalue weighted by Gasteiger charge is -2.28. The SMILES string of the molecule is O=C(Nc1ccc(Br)c(Cl)c1)C1(c2ccccc2)CCCC1. The molecule has 0 aromatic heterocycles. The molecule has 0 unspecified atom stereocenters. The Hall–Kier alpha value is -1.32. The molecule has 0 atom stereocenters. The van der Waals surface area contributed by atoms with Crippen LogP contribution in [0.25, 0.3) is 0 Å². The number of halogens is 2. The number of nitrogens with one attached hydrogen (secondary N) is 1. The second-order valence-electron chi connectivity index (χ2n) is 5.74. The summed E-state index contributed by atoms with van der Waals surface area (Å²) < 4.78 is 0.825. The highest BCUT2D eigenvalue weighted by Crippen LogP contribution is 2.42. The van der Waals surface area contributed by atoms with Crippen LogP contribution in [0.1, 0.15) is 31.2 Å². The van der Waals surface area contributed by atoms with Crippen molar-refractivity contribution >= 4 is 39.1 Å². The van der Waals surface area contributed by atoms with Gasteiger partial charge in [-0.1, -0.05) is 54.8 Å². The zero-order valence-corrected chi connectivity index (χ0v) is 14.5. The first-order chi connectivity index (χ1) is 10.6. The number of amides is 1. The quantitative estimate of drug-likeness (QED) is 0.745. The highest BCUT2D eigenvalue weighted by atomic mass is 79.9. The van der Waals surface area contributed by atoms with Gasteiger partial charge in [0, 0.05) is 10.2 Å². The van der Waals surface area contributed by atoms with E-state index >= 15 is 0 Å². The number of benzene rings is 2. The van der Waals surface area contributed by atoms with Gasteiger partial charge in [0.05, 0.1) is 10.4 Å². The molecular formula is C18H17BrClNO. The molecule has 22 heavy (non-hydrogen) atoms. The van der Waals surface area contributed by atoms with Gasteiger partial charge in [-0.05, 0) is 52.5 Å². The van der Waals surface area contributed by atoms with Crippen molar-refractivity contribution < 1.29 is 4.79 Å². The number of hydrogen-bond donors (Lipinski definition) is 1. The zero-order chi connectivity index (χ0) is 15.6. The summed E-state index contributed by atoms with van der Waals surface area (Å²) in [5, 5.41) is 3.64. The smallest absolute Gasteiger partial charge is 0.235 e. The van der Waals surface area contributed by atoms with E-state index in [0.717, 1.165) is 41.4 Å². The van der Waals surface area contributed by atoms with Gasteiger partial charge in [-0.15, -0.1) is 0 Å². The summed E-state index contributed by atoms with van der Waals surface area (Å²) in [6, 6.07) is 15.6. The van der Waals surface area contributed by atoms with E-state index in [4.69, 9.17) is 11.6 Å². The summed E-state index contributed by atoms with van der Waals surface area (Å²) in [7, 11) is 0. The first-order valence-corrected chi connectivity index (χ1v) is 8.61. The van der Waals surface area contributed by atoms with Gasteiger partial charge in [0.1, 0.15) is 0 Å². The van der Waals surface area contributed by atoms with Crippen LogP contribution in [0.15, 0.2) is 53.0 Å². The van der Waals surface area contributed by atoms with E-state index in [9.17, 15) is 4.79 Å². The third kappa shape index (κ3) is 2.92. The Morgan fingerprint density at radius 2 is 1.77 bits per heavy atom. The molecule has 1 fully saturated rings. The van der Waals surface area contributed by atoms with Gasteiger partial charge >= 0.3 is 0 Å². The van der Waals surface area contributed by atoms with Crippen LogP contribution < -0.4 is 5.32 Å². The monoisotopic (exact) mass is 377 g/mol. The Morgan fingerprint density at radius 3 is 2.41 bits per heavy atom. The minimum absolute atomic E-state index is 0.0644. The van der Waals surface area contributed by atoms with Crippen molar-refractivity contribution in [3.05, 3.63) is 63.6 Å². The van der Waals surface area contributed by atoms with Gasteiger partial charge in [-0.3, -0.25) is 4.79 Å². The van der Waals surface area contributed by atoms with Gasteiger partial charge in [0.15, 0.2) is 0 Å². The zero-order valence-electron chi connectivity index (χ0n) is 12.1. The third-order valence-corrected chi connectivity index (χ3v) is 5.63. The molecule has 1 amide bonds. The van der Waals surface area contributed by atoms with E-state index in [1.54, 1.807) is 6.07 Å². The molecule has 1 aliphatic rings. The van der Waals surface area contributed by atoms with Gasteiger partial charge in [-0.25, -0.2) is 0 Å². The highest BCUT2D eigenvalue weighted by molar-refractivity contribution is 9.10. The second kappa shape index (κ2) is 6.43. The van der Waals surface area contributed by atoms with Crippen molar-refractivity contribution in [1.82, 2.24) is 0 Å². The highest BCUT2D eigenvalue weighted by Gasteiger charge is 2.42. The Morgan fingerprint density at radius 1 is 1.09 bits per heavy atom. The predicted molar refractivity (Wildman–Crippen MR) is 94.4 cm³/mol. The van der Waals surface area contributed by atoms with E-state index in [1.165, 1.54) is 0 Å². The maximum atomic E-state index is 13.0. The Labute approximate surface area is 144 Å². The van der Waals surface area contributed by atoms with Crippen molar-refractivity contribution in [2.45, 2.75) is 31.1 Å². The molecule has 4 heteroatoms. The minimum Gasteiger partial charge on any atom is -0.325 e. The fraction of sp³-hybridized carbons (Fsp3) is 0.278. The van der Waals surface area contributed by atoms with E-state index in [1.807, 2.05) is 30.3 Å². The van der Waals surface area contributed by atoms with Gasteiger partial charge in [0.25, 0.3) is 0 Å². The summed E-state index contributed by atoms with van der Waals surface area (Å²) in [4.78, 5) is 13.0. The van der Waals surface area contributed by atoms with Crippen molar-refractivity contribution in [3.63, 3.8) is 0 Å². The van der Waals surface area contributed by atoms with E-state index < -0.39 is 5.41 Å². The standard InChI is InChI=1S/C18H17BrClNO/c19-15-9-8-14(12-16(15)20)21-17(22)18(10-4-5-11-18)13-6-2-1-3-7-13/h1-3,6-9,12H,4-5,10-11H2,(H,21,22). The molecule has 3 rings (SSSR count). The van der Waals surface area contributed by atoms with Crippen LogP contribution in [-0.2, 0) is 10.2 Å². The van der Waals surface area contributed by atoms with E-state index in [0.29, 0.717) is 5.02 Å². The summed E-state index contributed by atoms with van der Waals surface area (Å²) >= 11 is 9.47. The molecule has 0 aliphatic heterocycles. The molecule has 2 nitrogen and oxygen atoms in total. The Kier molecular flexibility index (Phi) is 4.55. The van der Waals surface area contributed by atoms with Crippen molar-refractivity contribution in [3.8, 4) is 0 Å². The van der Waals surface area contributed by atoms with Crippen molar-refractivity contribution in [1.29, 1.82) is 0 Å². The molecule has 2 aromatic carbocycles. The molecule has 1 saturated carbocycles. The Bertz CT molecular complexity index is 681. The summed E-state index contributed by atoms with van der Waals surface area (Å²) in [6.07, 6.45) is 3.97. The molecule has 0 bridgehead atoms. The van der Waals surface area contributed by atoms with E-state index in [2.05, 4.69) is 33.4 Å². The summed E-state index contributed by atoms with van der Waals surface area (Å²) in [6.45, 7) is 0. The average Bonchev–Trinajstić information content (AvgIpc) is 3.03. The second-order valence-corrected chi connectivity index (χ2v) is 7.00. The topological polar surface area (TPSA) is 29.1 Å². The fourth-order valence-electron chi connectivity index (χ4n) is 3.21. The molecule has 1 aliphatic carbocycles. The van der Waals surface area contributed by atoms with Crippen LogP contribution >= 0.6 is 27.5 Å². The normalized spacial score (nSPS) is 16.5. The van der Waals surface area contributed by atoms with Gasteiger partial charge < -0.3 is 5.32 Å². The molecule has 0 spiro atoms. The van der Waals surface area contributed by atoms with Crippen LogP contribution in [0, 0.1) is 0 Å². The number of anilines is 1. The van der Waals surface area contributed by atoms with Gasteiger partial charge in [-0.2, -0.15) is 0 Å². The predicted octanol–water partition coefficient (Wildman–Crippen LogP) is 5.55. The maximum absolute atomic E-state index is 13.0. The van der Waals surface area contributed by atoms with Gasteiger partial charge in [0.2, 0.25) is 5.91 Å². The lowest BCUT2D eigenvalue weighted by atomic mass is 9.78. The maximum Gasteiger partial charge on any atom is 0.235 e. The lowest BCUT2D eigenvalue weighted by molar-refractivity contribution is -0.121. The van der Waals surface area contributed by atoms with Crippen LogP contribution in [0.3, 0.4) is 0 Å². The molecule has 0 heterocycles. The number of carbonyl (C=O) groups is 1. The van der Waals surface area contributed by atoms with Crippen molar-refractivity contribution in [2.75, 3.05) is 5.32 Å². The van der Waals surface area contributed by atoms with Crippen molar-refractivity contribution in [2.24, 2.45) is 0 Å². The molecule has 1 N–H and O–H groups in total. The third-order valence-electron chi connectivity index (χ3n) is 4.40. The fourth-order valence-corrected chi connectivity index (χ4v) is 3.63. The molecule has 0 radical (unpaired) electrons. The first-order valence-electron chi connectivity index (χ1n) is 7.44. The number of hydrogen-bond acceptors (Lipinski definition) is 1. The summed E-state index contributed by atoms with van der Waals surface area (Å²) in [5.41, 5.74) is 1.43. The molecular weight excluding hydrogens is 362 g/mol. The first kappa shape index (κ1) is 15.6. The molecule has 114 valence electrons. The molecule has 0 saturated heterocycles.